The molecule has 0 spiro atoms. The monoisotopic (exact) mass is 200 g/mol. The summed E-state index contributed by atoms with van der Waals surface area (Å²) in [4.78, 5) is 0. The van der Waals surface area contributed by atoms with Crippen LogP contribution in [-0.4, -0.2) is 19.0 Å². The van der Waals surface area contributed by atoms with Crippen LogP contribution >= 0.6 is 0 Å². The first-order chi connectivity index (χ1) is 6.65. The summed E-state index contributed by atoms with van der Waals surface area (Å²) in [6, 6.07) is 4.30. The molecule has 1 N–H and O–H groups in total. The Kier molecular flexibility index (Phi) is 3.85. The van der Waals surface area contributed by atoms with Gasteiger partial charge in [0.2, 0.25) is 0 Å². The lowest BCUT2D eigenvalue weighted by atomic mass is 10.1. The lowest BCUT2D eigenvalue weighted by Crippen LogP contribution is -2.01. The molecule has 3 nitrogen and oxygen atoms in total. The number of aliphatic hydroxyl groups is 1. The predicted molar refractivity (Wildman–Crippen MR) is 49.5 cm³/mol. The molecule has 1 aromatic rings. The zero-order valence-electron chi connectivity index (χ0n) is 8.16. The van der Waals surface area contributed by atoms with Crippen molar-refractivity contribution in [1.82, 2.24) is 0 Å². The Bertz CT molecular complexity index is 299. The fourth-order valence-corrected chi connectivity index (χ4v) is 1.06. The van der Waals surface area contributed by atoms with Crippen molar-refractivity contribution in [2.45, 2.75) is 13.0 Å². The first kappa shape index (κ1) is 10.9. The van der Waals surface area contributed by atoms with Crippen LogP contribution in [-0.2, 0) is 4.74 Å². The van der Waals surface area contributed by atoms with E-state index in [1.807, 2.05) is 0 Å². The van der Waals surface area contributed by atoms with Gasteiger partial charge in [0.25, 0.3) is 0 Å². The van der Waals surface area contributed by atoms with Gasteiger partial charge in [-0.1, -0.05) is 0 Å². The van der Waals surface area contributed by atoms with Crippen molar-refractivity contribution in [1.29, 1.82) is 0 Å². The van der Waals surface area contributed by atoms with Gasteiger partial charge in [-0.2, -0.15) is 0 Å². The molecule has 1 rings (SSSR count). The number of rotatable bonds is 4. The first-order valence-electron chi connectivity index (χ1n) is 4.24. The van der Waals surface area contributed by atoms with E-state index in [1.165, 1.54) is 26.2 Å². The van der Waals surface area contributed by atoms with Gasteiger partial charge < -0.3 is 14.6 Å². The maximum atomic E-state index is 13.2. The topological polar surface area (TPSA) is 38.7 Å². The number of aliphatic hydroxyl groups excluding tert-OH is 1. The third kappa shape index (κ3) is 2.68. The summed E-state index contributed by atoms with van der Waals surface area (Å²) in [5.41, 5.74) is 0.259. The second kappa shape index (κ2) is 4.93. The van der Waals surface area contributed by atoms with Gasteiger partial charge in [-0.05, 0) is 19.1 Å². The van der Waals surface area contributed by atoms with Crippen LogP contribution in [0.2, 0.25) is 0 Å². The second-order valence-corrected chi connectivity index (χ2v) is 2.91. The van der Waals surface area contributed by atoms with Crippen LogP contribution in [0.25, 0.3) is 0 Å². The molecule has 0 radical (unpaired) electrons. The van der Waals surface area contributed by atoms with Gasteiger partial charge in [0.1, 0.15) is 11.6 Å². The lowest BCUT2D eigenvalue weighted by Gasteiger charge is -2.09. The SMILES string of the molecule is COCOc1ccc([C@@H](C)O)c(F)c1. The minimum Gasteiger partial charge on any atom is -0.467 e. The van der Waals surface area contributed by atoms with E-state index >= 15 is 0 Å². The Morgan fingerprint density at radius 2 is 2.21 bits per heavy atom. The van der Waals surface area contributed by atoms with E-state index in [0.717, 1.165) is 0 Å². The number of halogens is 1. The molecule has 0 amide bonds. The maximum Gasteiger partial charge on any atom is 0.188 e. The summed E-state index contributed by atoms with van der Waals surface area (Å²) in [7, 11) is 1.49. The van der Waals surface area contributed by atoms with Gasteiger partial charge in [-0.15, -0.1) is 0 Å². The molecular formula is C10H13FO3. The molecule has 0 heterocycles. The molecule has 0 aliphatic carbocycles. The Hall–Kier alpha value is -1.13. The third-order valence-corrected chi connectivity index (χ3v) is 1.77. The number of methoxy groups -OCH3 is 1. The molecule has 1 atom stereocenters. The summed E-state index contributed by atoms with van der Waals surface area (Å²) in [5, 5.41) is 9.17. The third-order valence-electron chi connectivity index (χ3n) is 1.77. The van der Waals surface area contributed by atoms with Gasteiger partial charge in [0, 0.05) is 18.7 Å². The first-order valence-corrected chi connectivity index (χ1v) is 4.24. The highest BCUT2D eigenvalue weighted by Gasteiger charge is 2.08. The van der Waals surface area contributed by atoms with E-state index in [4.69, 9.17) is 9.84 Å². The molecule has 0 aromatic heterocycles. The second-order valence-electron chi connectivity index (χ2n) is 2.91. The number of benzene rings is 1. The largest absolute Gasteiger partial charge is 0.467 e. The molecular weight excluding hydrogens is 187 g/mol. The molecule has 0 unspecified atom stereocenters. The van der Waals surface area contributed by atoms with Gasteiger partial charge in [0.05, 0.1) is 6.10 Å². The van der Waals surface area contributed by atoms with Crippen molar-refractivity contribution < 1.29 is 19.0 Å². The van der Waals surface area contributed by atoms with E-state index in [9.17, 15) is 4.39 Å². The maximum absolute atomic E-state index is 13.2. The highest BCUT2D eigenvalue weighted by Crippen LogP contribution is 2.21. The van der Waals surface area contributed by atoms with Crippen molar-refractivity contribution in [3.8, 4) is 5.75 Å². The lowest BCUT2D eigenvalue weighted by molar-refractivity contribution is 0.0508. The van der Waals surface area contributed by atoms with E-state index < -0.39 is 11.9 Å². The van der Waals surface area contributed by atoms with Crippen LogP contribution in [0.3, 0.4) is 0 Å². The van der Waals surface area contributed by atoms with Crippen LogP contribution in [0.1, 0.15) is 18.6 Å². The molecule has 0 saturated heterocycles. The summed E-state index contributed by atoms with van der Waals surface area (Å²) in [6.45, 7) is 1.58. The number of hydrogen-bond acceptors (Lipinski definition) is 3. The summed E-state index contributed by atoms with van der Waals surface area (Å²) in [5.74, 6) is -0.0950. The van der Waals surface area contributed by atoms with Gasteiger partial charge in [0.15, 0.2) is 6.79 Å². The highest BCUT2D eigenvalue weighted by molar-refractivity contribution is 5.29. The fourth-order valence-electron chi connectivity index (χ4n) is 1.06. The molecule has 0 aliphatic heterocycles. The van der Waals surface area contributed by atoms with E-state index in [1.54, 1.807) is 6.07 Å². The molecule has 4 heteroatoms. The van der Waals surface area contributed by atoms with E-state index in [0.29, 0.717) is 5.75 Å². The molecule has 0 fully saturated rings. The molecule has 0 saturated carbocycles. The minimum absolute atomic E-state index is 0.0769. The standard InChI is InChI=1S/C10H13FO3/c1-7(12)9-4-3-8(5-10(9)11)14-6-13-2/h3-5,7,12H,6H2,1-2H3/t7-/m1/s1. The zero-order chi connectivity index (χ0) is 10.6. The van der Waals surface area contributed by atoms with Crippen LogP contribution in [0.4, 0.5) is 4.39 Å². The average molecular weight is 200 g/mol. The van der Waals surface area contributed by atoms with Crippen LogP contribution < -0.4 is 4.74 Å². The quantitative estimate of drug-likeness (QED) is 0.754. The predicted octanol–water partition coefficient (Wildman–Crippen LogP) is 1.86. The fraction of sp³-hybridized carbons (Fsp3) is 0.400. The Morgan fingerprint density at radius 1 is 1.50 bits per heavy atom. The number of hydrogen-bond donors (Lipinski definition) is 1. The smallest absolute Gasteiger partial charge is 0.188 e. The Labute approximate surface area is 82.1 Å². The summed E-state index contributed by atoms with van der Waals surface area (Å²) >= 11 is 0. The number of ether oxygens (including phenoxy) is 2. The van der Waals surface area contributed by atoms with Crippen LogP contribution in [0.15, 0.2) is 18.2 Å². The Balaban J connectivity index is 2.78. The zero-order valence-corrected chi connectivity index (χ0v) is 8.16. The van der Waals surface area contributed by atoms with Crippen molar-refractivity contribution in [2.75, 3.05) is 13.9 Å². The van der Waals surface area contributed by atoms with Crippen LogP contribution in [0, 0.1) is 5.82 Å². The van der Waals surface area contributed by atoms with Crippen molar-refractivity contribution in [3.63, 3.8) is 0 Å². The molecule has 78 valence electrons. The van der Waals surface area contributed by atoms with E-state index in [2.05, 4.69) is 4.74 Å². The van der Waals surface area contributed by atoms with Crippen molar-refractivity contribution in [2.24, 2.45) is 0 Å². The molecule has 0 aliphatic rings. The highest BCUT2D eigenvalue weighted by atomic mass is 19.1. The Morgan fingerprint density at radius 3 is 2.71 bits per heavy atom. The van der Waals surface area contributed by atoms with Crippen molar-refractivity contribution in [3.05, 3.63) is 29.6 Å². The normalized spacial score (nSPS) is 12.6. The van der Waals surface area contributed by atoms with E-state index in [-0.39, 0.29) is 12.4 Å². The van der Waals surface area contributed by atoms with Gasteiger partial charge >= 0.3 is 0 Å². The van der Waals surface area contributed by atoms with Crippen LogP contribution in [0.5, 0.6) is 5.75 Å². The van der Waals surface area contributed by atoms with Gasteiger partial charge in [-0.3, -0.25) is 0 Å². The minimum atomic E-state index is -0.813. The summed E-state index contributed by atoms with van der Waals surface area (Å²) in [6.07, 6.45) is -0.813. The average Bonchev–Trinajstić information content (AvgIpc) is 2.14. The molecule has 14 heavy (non-hydrogen) atoms. The van der Waals surface area contributed by atoms with Crippen molar-refractivity contribution >= 4 is 0 Å². The van der Waals surface area contributed by atoms with Gasteiger partial charge in [-0.25, -0.2) is 4.39 Å². The molecule has 1 aromatic carbocycles. The summed E-state index contributed by atoms with van der Waals surface area (Å²) < 4.78 is 22.9. The molecule has 0 bridgehead atoms.